The first-order chi connectivity index (χ1) is 11.7. The standard InChI is InChI=1S/C18H26N4O3/c1-17(2,3)25-16(24)21-14-10-22(11-18(14)5-6-18)15(23)12-7-13(19-4)9-20-8-12/h7-9,14,19H,5-6,10-11H2,1-4H3,(H,21,24)/t14-/m0/s1. The molecule has 25 heavy (non-hydrogen) atoms. The number of pyridine rings is 1. The number of hydrogen-bond acceptors (Lipinski definition) is 5. The fraction of sp³-hybridized carbons (Fsp3) is 0.611. The zero-order chi connectivity index (χ0) is 18.2. The van der Waals surface area contributed by atoms with Crippen molar-refractivity contribution < 1.29 is 14.3 Å². The van der Waals surface area contributed by atoms with Crippen molar-refractivity contribution in [3.63, 3.8) is 0 Å². The Hall–Kier alpha value is -2.31. The van der Waals surface area contributed by atoms with E-state index in [9.17, 15) is 9.59 Å². The van der Waals surface area contributed by atoms with Crippen LogP contribution in [0.3, 0.4) is 0 Å². The number of nitrogens with zero attached hydrogens (tertiary/aromatic N) is 2. The summed E-state index contributed by atoms with van der Waals surface area (Å²) >= 11 is 0. The van der Waals surface area contributed by atoms with Gasteiger partial charge in [-0.1, -0.05) is 0 Å². The van der Waals surface area contributed by atoms with Gasteiger partial charge in [-0.3, -0.25) is 9.78 Å². The Kier molecular flexibility index (Phi) is 4.34. The second kappa shape index (κ2) is 6.20. The van der Waals surface area contributed by atoms with E-state index in [0.29, 0.717) is 18.7 Å². The first-order valence-corrected chi connectivity index (χ1v) is 8.64. The molecular weight excluding hydrogens is 320 g/mol. The van der Waals surface area contributed by atoms with Crippen molar-refractivity contribution in [1.82, 2.24) is 15.2 Å². The summed E-state index contributed by atoms with van der Waals surface area (Å²) in [7, 11) is 1.79. The maximum absolute atomic E-state index is 12.8. The fourth-order valence-electron chi connectivity index (χ4n) is 3.32. The maximum atomic E-state index is 12.8. The van der Waals surface area contributed by atoms with Crippen LogP contribution in [-0.2, 0) is 4.74 Å². The molecule has 2 N–H and O–H groups in total. The van der Waals surface area contributed by atoms with Gasteiger partial charge in [0.2, 0.25) is 0 Å². The third kappa shape index (κ3) is 3.86. The molecular formula is C18H26N4O3. The van der Waals surface area contributed by atoms with Crippen molar-refractivity contribution in [2.24, 2.45) is 5.41 Å². The van der Waals surface area contributed by atoms with E-state index in [4.69, 9.17) is 4.74 Å². The van der Waals surface area contributed by atoms with Crippen LogP contribution in [0.4, 0.5) is 10.5 Å². The summed E-state index contributed by atoms with van der Waals surface area (Å²) in [6.45, 7) is 6.68. The van der Waals surface area contributed by atoms with E-state index in [1.807, 2.05) is 25.7 Å². The molecule has 1 spiro atoms. The summed E-state index contributed by atoms with van der Waals surface area (Å²) in [5.41, 5.74) is 0.824. The van der Waals surface area contributed by atoms with Crippen molar-refractivity contribution in [1.29, 1.82) is 0 Å². The van der Waals surface area contributed by atoms with Crippen molar-refractivity contribution in [2.75, 3.05) is 25.5 Å². The lowest BCUT2D eigenvalue weighted by Gasteiger charge is -2.23. The molecule has 2 heterocycles. The van der Waals surface area contributed by atoms with Gasteiger partial charge in [0.05, 0.1) is 17.3 Å². The summed E-state index contributed by atoms with van der Waals surface area (Å²) in [5, 5.41) is 5.96. The number of aromatic nitrogens is 1. The zero-order valence-corrected chi connectivity index (χ0v) is 15.3. The van der Waals surface area contributed by atoms with Crippen LogP contribution in [-0.4, -0.2) is 53.7 Å². The Labute approximate surface area is 148 Å². The predicted molar refractivity (Wildman–Crippen MR) is 94.5 cm³/mol. The van der Waals surface area contributed by atoms with Crippen LogP contribution in [0.5, 0.6) is 0 Å². The SMILES string of the molecule is CNc1cncc(C(=O)N2C[C@H](NC(=O)OC(C)(C)C)C3(CC3)C2)c1. The lowest BCUT2D eigenvalue weighted by Crippen LogP contribution is -2.44. The summed E-state index contributed by atoms with van der Waals surface area (Å²) < 4.78 is 5.36. The number of rotatable bonds is 3. The van der Waals surface area contributed by atoms with Crippen LogP contribution >= 0.6 is 0 Å². The van der Waals surface area contributed by atoms with E-state index < -0.39 is 11.7 Å². The number of anilines is 1. The second-order valence-corrected chi connectivity index (χ2v) is 7.96. The molecule has 0 bridgehead atoms. The molecule has 1 aromatic heterocycles. The lowest BCUT2D eigenvalue weighted by molar-refractivity contribution is 0.0489. The van der Waals surface area contributed by atoms with Gasteiger partial charge >= 0.3 is 6.09 Å². The molecule has 2 aliphatic rings. The van der Waals surface area contributed by atoms with Crippen LogP contribution < -0.4 is 10.6 Å². The Balaban J connectivity index is 1.67. The number of carbonyl (C=O) groups is 2. The number of alkyl carbamates (subject to hydrolysis) is 1. The van der Waals surface area contributed by atoms with Crippen LogP contribution in [0.25, 0.3) is 0 Å². The summed E-state index contributed by atoms with van der Waals surface area (Å²) in [6.07, 6.45) is 4.88. The largest absolute Gasteiger partial charge is 0.444 e. The van der Waals surface area contributed by atoms with E-state index in [2.05, 4.69) is 15.6 Å². The highest BCUT2D eigenvalue weighted by Crippen LogP contribution is 2.53. The summed E-state index contributed by atoms with van der Waals surface area (Å²) in [4.78, 5) is 30.8. The highest BCUT2D eigenvalue weighted by atomic mass is 16.6. The molecule has 1 atom stereocenters. The van der Waals surface area contributed by atoms with E-state index >= 15 is 0 Å². The summed E-state index contributed by atoms with van der Waals surface area (Å²) in [5.74, 6) is -0.0515. The zero-order valence-electron chi connectivity index (χ0n) is 15.3. The normalized spacial score (nSPS) is 21.1. The minimum atomic E-state index is -0.534. The molecule has 1 aliphatic heterocycles. The molecule has 1 aliphatic carbocycles. The number of carbonyl (C=O) groups excluding carboxylic acids is 2. The van der Waals surface area contributed by atoms with Gasteiger partial charge in [0.25, 0.3) is 5.91 Å². The molecule has 1 saturated carbocycles. The molecule has 136 valence electrons. The van der Waals surface area contributed by atoms with Gasteiger partial charge in [0, 0.05) is 37.9 Å². The molecule has 7 nitrogen and oxygen atoms in total. The lowest BCUT2D eigenvalue weighted by atomic mass is 10.0. The van der Waals surface area contributed by atoms with E-state index in [1.165, 1.54) is 0 Å². The van der Waals surface area contributed by atoms with Crippen molar-refractivity contribution >= 4 is 17.7 Å². The minimum absolute atomic E-state index is 0.000605. The maximum Gasteiger partial charge on any atom is 0.407 e. The average Bonchev–Trinajstić information content (AvgIpc) is 3.23. The predicted octanol–water partition coefficient (Wildman–Crippen LogP) is 2.25. The van der Waals surface area contributed by atoms with Crippen LogP contribution in [0.2, 0.25) is 0 Å². The molecule has 3 rings (SSSR count). The van der Waals surface area contributed by atoms with E-state index in [-0.39, 0.29) is 17.4 Å². The van der Waals surface area contributed by atoms with Gasteiger partial charge in [-0.2, -0.15) is 0 Å². The Morgan fingerprint density at radius 3 is 2.64 bits per heavy atom. The van der Waals surface area contributed by atoms with E-state index in [0.717, 1.165) is 18.5 Å². The second-order valence-electron chi connectivity index (χ2n) is 7.96. The molecule has 2 amide bonds. The fourth-order valence-corrected chi connectivity index (χ4v) is 3.32. The average molecular weight is 346 g/mol. The van der Waals surface area contributed by atoms with Crippen molar-refractivity contribution in [2.45, 2.75) is 45.3 Å². The number of likely N-dealkylation sites (tertiary alicyclic amines) is 1. The molecule has 0 radical (unpaired) electrons. The molecule has 7 heteroatoms. The first-order valence-electron chi connectivity index (χ1n) is 8.64. The molecule has 2 fully saturated rings. The third-order valence-corrected chi connectivity index (χ3v) is 4.79. The Bertz CT molecular complexity index is 679. The van der Waals surface area contributed by atoms with Crippen LogP contribution in [0, 0.1) is 5.41 Å². The molecule has 0 unspecified atom stereocenters. The molecule has 1 saturated heterocycles. The quantitative estimate of drug-likeness (QED) is 0.877. The van der Waals surface area contributed by atoms with E-state index in [1.54, 1.807) is 25.5 Å². The minimum Gasteiger partial charge on any atom is -0.444 e. The van der Waals surface area contributed by atoms with Crippen molar-refractivity contribution in [3.8, 4) is 0 Å². The van der Waals surface area contributed by atoms with Gasteiger partial charge in [0.1, 0.15) is 5.60 Å². The monoisotopic (exact) mass is 346 g/mol. The third-order valence-electron chi connectivity index (χ3n) is 4.79. The van der Waals surface area contributed by atoms with Crippen molar-refractivity contribution in [3.05, 3.63) is 24.0 Å². The summed E-state index contributed by atoms with van der Waals surface area (Å²) in [6, 6.07) is 1.73. The van der Waals surface area contributed by atoms with Crippen LogP contribution in [0.15, 0.2) is 18.5 Å². The van der Waals surface area contributed by atoms with Gasteiger partial charge in [-0.05, 0) is 39.7 Å². The van der Waals surface area contributed by atoms with Gasteiger partial charge in [-0.15, -0.1) is 0 Å². The number of hydrogen-bond donors (Lipinski definition) is 2. The van der Waals surface area contributed by atoms with Gasteiger partial charge < -0.3 is 20.3 Å². The Morgan fingerprint density at radius 1 is 1.32 bits per heavy atom. The van der Waals surface area contributed by atoms with Gasteiger partial charge in [-0.25, -0.2) is 4.79 Å². The number of ether oxygens (including phenoxy) is 1. The molecule has 0 aromatic carbocycles. The highest BCUT2D eigenvalue weighted by Gasteiger charge is 2.56. The highest BCUT2D eigenvalue weighted by molar-refractivity contribution is 5.95. The van der Waals surface area contributed by atoms with Crippen LogP contribution in [0.1, 0.15) is 44.0 Å². The molecule has 1 aromatic rings. The Morgan fingerprint density at radius 2 is 2.04 bits per heavy atom. The first kappa shape index (κ1) is 17.5. The number of nitrogens with one attached hydrogen (secondary N) is 2. The number of amides is 2. The smallest absolute Gasteiger partial charge is 0.407 e. The topological polar surface area (TPSA) is 83.6 Å². The van der Waals surface area contributed by atoms with Gasteiger partial charge in [0.15, 0.2) is 0 Å².